The largest absolute Gasteiger partial charge is 0.0955 e. The van der Waals surface area contributed by atoms with Crippen LogP contribution in [0.3, 0.4) is 0 Å². The Morgan fingerprint density at radius 3 is 2.82 bits per heavy atom. The van der Waals surface area contributed by atoms with E-state index in [0.717, 1.165) is 18.3 Å². The van der Waals surface area contributed by atoms with E-state index in [1.54, 1.807) is 0 Å². The molecule has 0 aromatic rings. The Bertz CT molecular complexity index is 255. The molecule has 0 saturated heterocycles. The molecule has 58 valence electrons. The molecule has 1 saturated carbocycles. The van der Waals surface area contributed by atoms with Crippen LogP contribution in [0.4, 0.5) is 0 Å². The fourth-order valence-corrected chi connectivity index (χ4v) is 1.98. The molecule has 1 fully saturated rings. The first kappa shape index (κ1) is 6.90. The predicted molar refractivity (Wildman–Crippen MR) is 48.3 cm³/mol. The molecule has 0 aromatic heterocycles. The Hall–Kier alpha value is -0.780. The number of rotatable bonds is 1. The minimum Gasteiger partial charge on any atom is -0.0955 e. The number of hydrogen-bond donors (Lipinski definition) is 0. The molecule has 2 aliphatic carbocycles. The van der Waals surface area contributed by atoms with Crippen LogP contribution in [0, 0.1) is 11.8 Å². The van der Waals surface area contributed by atoms with Gasteiger partial charge >= 0.3 is 0 Å². The third-order valence-electron chi connectivity index (χ3n) is 2.87. The quantitative estimate of drug-likeness (QED) is 0.533. The van der Waals surface area contributed by atoms with E-state index < -0.39 is 0 Å². The zero-order valence-corrected chi connectivity index (χ0v) is 7.06. The Kier molecular flexibility index (Phi) is 1.32. The monoisotopic (exact) mass is 146 g/mol. The van der Waals surface area contributed by atoms with Crippen LogP contribution in [0.15, 0.2) is 36.0 Å². The minimum absolute atomic E-state index is 0.762. The van der Waals surface area contributed by atoms with Crippen LogP contribution in [0.1, 0.15) is 19.8 Å². The van der Waals surface area contributed by atoms with Gasteiger partial charge in [-0.1, -0.05) is 31.7 Å². The summed E-state index contributed by atoms with van der Waals surface area (Å²) in [6.07, 6.45) is 4.65. The van der Waals surface area contributed by atoms with Crippen molar-refractivity contribution in [3.8, 4) is 0 Å². The second kappa shape index (κ2) is 2.10. The van der Waals surface area contributed by atoms with E-state index >= 15 is 0 Å². The van der Waals surface area contributed by atoms with Crippen LogP contribution >= 0.6 is 0 Å². The summed E-state index contributed by atoms with van der Waals surface area (Å²) >= 11 is 0. The van der Waals surface area contributed by atoms with Gasteiger partial charge in [-0.3, -0.25) is 0 Å². The van der Waals surface area contributed by atoms with E-state index in [2.05, 4.69) is 26.2 Å². The first-order valence-corrected chi connectivity index (χ1v) is 4.32. The molecule has 2 aliphatic rings. The molecule has 11 heavy (non-hydrogen) atoms. The highest BCUT2D eigenvalue weighted by molar-refractivity contribution is 5.47. The normalized spacial score (nSPS) is 34.8. The summed E-state index contributed by atoms with van der Waals surface area (Å²) in [7, 11) is 0. The average molecular weight is 146 g/mol. The summed E-state index contributed by atoms with van der Waals surface area (Å²) in [6.45, 7) is 10.4. The maximum absolute atomic E-state index is 4.11. The molecule has 2 atom stereocenters. The van der Waals surface area contributed by atoms with Gasteiger partial charge < -0.3 is 0 Å². The van der Waals surface area contributed by atoms with Crippen molar-refractivity contribution in [1.29, 1.82) is 0 Å². The number of hydrogen-bond acceptors (Lipinski definition) is 0. The number of allylic oxidation sites excluding steroid dienone is 4. The van der Waals surface area contributed by atoms with Gasteiger partial charge in [-0.15, -0.1) is 0 Å². The highest BCUT2D eigenvalue weighted by atomic mass is 14.5. The second-order valence-electron chi connectivity index (χ2n) is 3.57. The van der Waals surface area contributed by atoms with E-state index in [1.165, 1.54) is 23.1 Å². The van der Waals surface area contributed by atoms with Crippen molar-refractivity contribution in [2.75, 3.05) is 0 Å². The van der Waals surface area contributed by atoms with Gasteiger partial charge in [-0.25, -0.2) is 0 Å². The highest BCUT2D eigenvalue weighted by Gasteiger charge is 2.43. The van der Waals surface area contributed by atoms with Gasteiger partial charge in [-0.05, 0) is 35.8 Å². The van der Waals surface area contributed by atoms with Gasteiger partial charge in [0.15, 0.2) is 0 Å². The molecule has 0 heterocycles. The standard InChI is InChI=1S/C11H14/c1-4-9-5-7(2)10-6-11(10)8(9)3/h5,10-11H,2-4,6H2,1H3. The molecular weight excluding hydrogens is 132 g/mol. The first-order chi connectivity index (χ1) is 5.24. The fraction of sp³-hybridized carbons (Fsp3) is 0.455. The van der Waals surface area contributed by atoms with E-state index in [0.29, 0.717) is 0 Å². The molecular formula is C11H14. The van der Waals surface area contributed by atoms with Crippen molar-refractivity contribution in [2.45, 2.75) is 19.8 Å². The van der Waals surface area contributed by atoms with Gasteiger partial charge in [0.1, 0.15) is 0 Å². The van der Waals surface area contributed by atoms with Gasteiger partial charge in [-0.2, -0.15) is 0 Å². The summed E-state index contributed by atoms with van der Waals surface area (Å²) in [5.41, 5.74) is 4.14. The molecule has 2 unspecified atom stereocenters. The Labute approximate surface area is 68.3 Å². The molecule has 0 radical (unpaired) electrons. The summed E-state index contributed by atoms with van der Waals surface area (Å²) in [4.78, 5) is 0. The van der Waals surface area contributed by atoms with Gasteiger partial charge in [0.25, 0.3) is 0 Å². The molecule has 2 rings (SSSR count). The topological polar surface area (TPSA) is 0 Å². The van der Waals surface area contributed by atoms with Gasteiger partial charge in [0, 0.05) is 0 Å². The minimum atomic E-state index is 0.762. The summed E-state index contributed by atoms with van der Waals surface area (Å²) in [5.74, 6) is 1.53. The molecule has 0 bridgehead atoms. The van der Waals surface area contributed by atoms with Crippen molar-refractivity contribution in [2.24, 2.45) is 11.8 Å². The molecule has 0 N–H and O–H groups in total. The van der Waals surface area contributed by atoms with Crippen molar-refractivity contribution >= 4 is 0 Å². The smallest absolute Gasteiger partial charge is 0.00902 e. The summed E-state index contributed by atoms with van der Waals surface area (Å²) < 4.78 is 0. The lowest BCUT2D eigenvalue weighted by molar-refractivity contribution is 0.858. The van der Waals surface area contributed by atoms with Gasteiger partial charge in [0.2, 0.25) is 0 Å². The van der Waals surface area contributed by atoms with Crippen LogP contribution in [-0.2, 0) is 0 Å². The van der Waals surface area contributed by atoms with Crippen LogP contribution in [0.2, 0.25) is 0 Å². The van der Waals surface area contributed by atoms with E-state index in [9.17, 15) is 0 Å². The van der Waals surface area contributed by atoms with E-state index in [-0.39, 0.29) is 0 Å². The molecule has 0 amide bonds. The van der Waals surface area contributed by atoms with Crippen molar-refractivity contribution in [3.05, 3.63) is 36.0 Å². The molecule has 0 spiro atoms. The third kappa shape index (κ3) is 0.891. The molecule has 0 nitrogen and oxygen atoms in total. The summed E-state index contributed by atoms with van der Waals surface area (Å²) in [5, 5.41) is 0. The maximum Gasteiger partial charge on any atom is -0.00902 e. The van der Waals surface area contributed by atoms with Crippen LogP contribution in [0.5, 0.6) is 0 Å². The van der Waals surface area contributed by atoms with Crippen LogP contribution in [-0.4, -0.2) is 0 Å². The molecule has 0 aliphatic heterocycles. The van der Waals surface area contributed by atoms with Crippen LogP contribution < -0.4 is 0 Å². The van der Waals surface area contributed by atoms with Crippen molar-refractivity contribution in [3.63, 3.8) is 0 Å². The predicted octanol–water partition coefficient (Wildman–Crippen LogP) is 3.08. The van der Waals surface area contributed by atoms with E-state index in [1.807, 2.05) is 0 Å². The van der Waals surface area contributed by atoms with Crippen molar-refractivity contribution in [1.82, 2.24) is 0 Å². The molecule has 0 heteroatoms. The van der Waals surface area contributed by atoms with Crippen LogP contribution in [0.25, 0.3) is 0 Å². The lowest BCUT2D eigenvalue weighted by Gasteiger charge is -2.14. The Balaban J connectivity index is 2.32. The average Bonchev–Trinajstić information content (AvgIpc) is 2.75. The second-order valence-corrected chi connectivity index (χ2v) is 3.57. The lowest BCUT2D eigenvalue weighted by atomic mass is 9.91. The van der Waals surface area contributed by atoms with Crippen molar-refractivity contribution < 1.29 is 0 Å². The highest BCUT2D eigenvalue weighted by Crippen LogP contribution is 2.54. The lowest BCUT2D eigenvalue weighted by Crippen LogP contribution is -1.99. The SMILES string of the molecule is C=C1C=C(CC)C(=C)C2CC12. The van der Waals surface area contributed by atoms with Gasteiger partial charge in [0.05, 0.1) is 0 Å². The zero-order chi connectivity index (χ0) is 8.01. The Morgan fingerprint density at radius 2 is 2.18 bits per heavy atom. The zero-order valence-electron chi connectivity index (χ0n) is 7.06. The fourth-order valence-electron chi connectivity index (χ4n) is 1.98. The van der Waals surface area contributed by atoms with E-state index in [4.69, 9.17) is 0 Å². The number of fused-ring (bicyclic) bond motifs is 1. The first-order valence-electron chi connectivity index (χ1n) is 4.32. The summed E-state index contributed by atoms with van der Waals surface area (Å²) in [6, 6.07) is 0. The molecule has 0 aromatic carbocycles. The Morgan fingerprint density at radius 1 is 1.45 bits per heavy atom. The maximum atomic E-state index is 4.11. The third-order valence-corrected chi connectivity index (χ3v) is 2.87.